The average Bonchev–Trinajstić information content (AvgIpc) is 2.18. The van der Waals surface area contributed by atoms with Crippen molar-refractivity contribution in [2.24, 2.45) is 0 Å². The molecule has 1 heterocycles. The largest absolute Gasteiger partial charge is 0.366 e. The van der Waals surface area contributed by atoms with E-state index in [1.54, 1.807) is 6.08 Å². The van der Waals surface area contributed by atoms with E-state index in [4.69, 9.17) is 0 Å². The summed E-state index contributed by atoms with van der Waals surface area (Å²) >= 11 is 0. The molecule has 0 atom stereocenters. The van der Waals surface area contributed by atoms with E-state index in [1.807, 2.05) is 0 Å². The summed E-state index contributed by atoms with van der Waals surface area (Å²) in [5.74, 6) is 0. The molecule has 0 spiro atoms. The van der Waals surface area contributed by atoms with E-state index in [-0.39, 0.29) is 11.4 Å². The van der Waals surface area contributed by atoms with Crippen molar-refractivity contribution in [1.29, 1.82) is 0 Å². The molecule has 0 saturated heterocycles. The Hall–Kier alpha value is -1.40. The zero-order valence-corrected chi connectivity index (χ0v) is 8.88. The van der Waals surface area contributed by atoms with Crippen molar-refractivity contribution in [2.75, 3.05) is 6.54 Å². The molecule has 0 aliphatic carbocycles. The molecule has 0 saturated carbocycles. The third-order valence-corrected chi connectivity index (χ3v) is 3.20. The molecule has 0 aliphatic rings. The first-order valence-electron chi connectivity index (χ1n) is 4.35. The van der Waals surface area contributed by atoms with Gasteiger partial charge in [0.1, 0.15) is 4.90 Å². The normalized spacial score (nSPS) is 11.2. The van der Waals surface area contributed by atoms with Crippen LogP contribution >= 0.6 is 0 Å². The van der Waals surface area contributed by atoms with E-state index in [0.717, 1.165) is 0 Å². The predicted molar refractivity (Wildman–Crippen MR) is 57.1 cm³/mol. The molecule has 1 rings (SSSR count). The first-order chi connectivity index (χ1) is 7.08. The van der Waals surface area contributed by atoms with Gasteiger partial charge in [-0.2, -0.15) is 0 Å². The van der Waals surface area contributed by atoms with Gasteiger partial charge in [0.05, 0.1) is 0 Å². The summed E-state index contributed by atoms with van der Waals surface area (Å²) in [6.07, 6.45) is 4.66. The van der Waals surface area contributed by atoms with Crippen LogP contribution in [0.15, 0.2) is 40.8 Å². The molecule has 0 radical (unpaired) electrons. The van der Waals surface area contributed by atoms with Crippen molar-refractivity contribution in [1.82, 2.24) is 9.71 Å². The Bertz CT molecular complexity index is 490. The molecule has 82 valence electrons. The maximum absolute atomic E-state index is 11.6. The number of nitrogens with one attached hydrogen (secondary N) is 2. The maximum Gasteiger partial charge on any atom is 0.245 e. The topological polar surface area (TPSA) is 79.0 Å². The summed E-state index contributed by atoms with van der Waals surface area (Å²) < 4.78 is 25.4. The van der Waals surface area contributed by atoms with Crippen molar-refractivity contribution >= 4 is 10.0 Å². The Balaban J connectivity index is 2.92. The molecule has 2 N–H and O–H groups in total. The number of pyridine rings is 1. The minimum Gasteiger partial charge on any atom is -0.366 e. The highest BCUT2D eigenvalue weighted by Gasteiger charge is 2.16. The zero-order valence-electron chi connectivity index (χ0n) is 8.06. The van der Waals surface area contributed by atoms with Gasteiger partial charge in [0.15, 0.2) is 0 Å². The highest BCUT2D eigenvalue weighted by atomic mass is 32.2. The smallest absolute Gasteiger partial charge is 0.245 e. The standard InChI is InChI=1S/C9H12N2O3S/c1-2-3-5-11-15(13,14)9-7-10-6-4-8(9)12/h2,4,6-7,11H,1,3,5H2,(H,10,12). The van der Waals surface area contributed by atoms with Gasteiger partial charge in [-0.3, -0.25) is 4.79 Å². The van der Waals surface area contributed by atoms with Crippen LogP contribution in [-0.4, -0.2) is 19.9 Å². The second-order valence-corrected chi connectivity index (χ2v) is 4.58. The Labute approximate surface area is 87.9 Å². The third-order valence-electron chi connectivity index (χ3n) is 1.72. The summed E-state index contributed by atoms with van der Waals surface area (Å²) in [5, 5.41) is 0. The minimum atomic E-state index is -3.70. The summed E-state index contributed by atoms with van der Waals surface area (Å²) in [6.45, 7) is 3.70. The molecule has 1 aromatic heterocycles. The second-order valence-electron chi connectivity index (χ2n) is 2.85. The highest BCUT2D eigenvalue weighted by molar-refractivity contribution is 7.89. The number of rotatable bonds is 5. The molecule has 0 unspecified atom stereocenters. The predicted octanol–water partition coefficient (Wildman–Crippen LogP) is 0.229. The van der Waals surface area contributed by atoms with Gasteiger partial charge >= 0.3 is 0 Å². The van der Waals surface area contributed by atoms with E-state index in [2.05, 4.69) is 16.3 Å². The van der Waals surface area contributed by atoms with Gasteiger partial charge in [0, 0.05) is 25.0 Å². The zero-order chi connectivity index (χ0) is 11.3. The molecule has 0 aliphatic heterocycles. The van der Waals surface area contributed by atoms with E-state index in [1.165, 1.54) is 18.5 Å². The fraction of sp³-hybridized carbons (Fsp3) is 0.222. The van der Waals surface area contributed by atoms with E-state index in [9.17, 15) is 13.2 Å². The maximum atomic E-state index is 11.6. The van der Waals surface area contributed by atoms with Crippen LogP contribution in [0.1, 0.15) is 6.42 Å². The summed E-state index contributed by atoms with van der Waals surface area (Å²) in [7, 11) is -3.70. The number of sulfonamides is 1. The van der Waals surface area contributed by atoms with E-state index >= 15 is 0 Å². The molecule has 15 heavy (non-hydrogen) atoms. The fourth-order valence-electron chi connectivity index (χ4n) is 0.984. The molecule has 0 fully saturated rings. The Kier molecular flexibility index (Phi) is 3.81. The van der Waals surface area contributed by atoms with Crippen LogP contribution in [0.3, 0.4) is 0 Å². The van der Waals surface area contributed by atoms with Crippen LogP contribution in [-0.2, 0) is 10.0 Å². The number of hydrogen-bond donors (Lipinski definition) is 2. The number of aromatic amines is 1. The quantitative estimate of drug-likeness (QED) is 0.559. The number of H-pyrrole nitrogens is 1. The van der Waals surface area contributed by atoms with Crippen molar-refractivity contribution < 1.29 is 8.42 Å². The van der Waals surface area contributed by atoms with Gasteiger partial charge in [-0.1, -0.05) is 6.08 Å². The molecule has 0 bridgehead atoms. The fourth-order valence-corrected chi connectivity index (χ4v) is 2.08. The van der Waals surface area contributed by atoms with Gasteiger partial charge < -0.3 is 4.98 Å². The lowest BCUT2D eigenvalue weighted by Crippen LogP contribution is -2.28. The van der Waals surface area contributed by atoms with Gasteiger partial charge in [0.25, 0.3) is 0 Å². The molecular weight excluding hydrogens is 216 g/mol. The van der Waals surface area contributed by atoms with E-state index < -0.39 is 15.5 Å². The van der Waals surface area contributed by atoms with Crippen molar-refractivity contribution in [3.63, 3.8) is 0 Å². The van der Waals surface area contributed by atoms with Crippen LogP contribution in [0.5, 0.6) is 0 Å². The summed E-state index contributed by atoms with van der Waals surface area (Å²) in [4.78, 5) is 13.5. The van der Waals surface area contributed by atoms with Crippen LogP contribution < -0.4 is 10.2 Å². The van der Waals surface area contributed by atoms with E-state index in [0.29, 0.717) is 6.42 Å². The van der Waals surface area contributed by atoms with Crippen LogP contribution in [0, 0.1) is 0 Å². The summed E-state index contributed by atoms with van der Waals surface area (Å²) in [5.41, 5.74) is -0.528. The third kappa shape index (κ3) is 3.03. The summed E-state index contributed by atoms with van der Waals surface area (Å²) in [6, 6.07) is 1.17. The second kappa shape index (κ2) is 4.90. The van der Waals surface area contributed by atoms with Gasteiger partial charge in [-0.15, -0.1) is 6.58 Å². The van der Waals surface area contributed by atoms with Crippen molar-refractivity contribution in [2.45, 2.75) is 11.3 Å². The average molecular weight is 228 g/mol. The lowest BCUT2D eigenvalue weighted by atomic mass is 10.4. The molecular formula is C9H12N2O3S. The number of hydrogen-bond acceptors (Lipinski definition) is 3. The van der Waals surface area contributed by atoms with Crippen molar-refractivity contribution in [3.05, 3.63) is 41.3 Å². The monoisotopic (exact) mass is 228 g/mol. The molecule has 0 aromatic carbocycles. The lowest BCUT2D eigenvalue weighted by molar-refractivity contribution is 0.581. The number of aromatic nitrogens is 1. The molecule has 6 heteroatoms. The lowest BCUT2D eigenvalue weighted by Gasteiger charge is -2.03. The first-order valence-corrected chi connectivity index (χ1v) is 5.84. The van der Waals surface area contributed by atoms with Crippen LogP contribution in [0.25, 0.3) is 0 Å². The highest BCUT2D eigenvalue weighted by Crippen LogP contribution is 1.99. The SMILES string of the molecule is C=CCCNS(=O)(=O)c1c[nH]ccc1=O. The van der Waals surface area contributed by atoms with Crippen molar-refractivity contribution in [3.8, 4) is 0 Å². The van der Waals surface area contributed by atoms with Crippen LogP contribution in [0.4, 0.5) is 0 Å². The first kappa shape index (κ1) is 11.7. The van der Waals surface area contributed by atoms with Gasteiger partial charge in [0.2, 0.25) is 15.5 Å². The van der Waals surface area contributed by atoms with Gasteiger partial charge in [-0.05, 0) is 6.42 Å². The Morgan fingerprint density at radius 2 is 2.27 bits per heavy atom. The Morgan fingerprint density at radius 1 is 1.53 bits per heavy atom. The molecule has 5 nitrogen and oxygen atoms in total. The Morgan fingerprint density at radius 3 is 2.87 bits per heavy atom. The van der Waals surface area contributed by atoms with Gasteiger partial charge in [-0.25, -0.2) is 13.1 Å². The minimum absolute atomic E-state index is 0.236. The molecule has 0 amide bonds. The van der Waals surface area contributed by atoms with Crippen LogP contribution in [0.2, 0.25) is 0 Å². The molecule has 1 aromatic rings.